The lowest BCUT2D eigenvalue weighted by Crippen LogP contribution is -2.52. The summed E-state index contributed by atoms with van der Waals surface area (Å²) in [4.78, 5) is 39.0. The molecule has 7 nitrogen and oxygen atoms in total. The van der Waals surface area contributed by atoms with Gasteiger partial charge in [0, 0.05) is 36.9 Å². The maximum Gasteiger partial charge on any atom is 0.269 e. The zero-order chi connectivity index (χ0) is 25.9. The lowest BCUT2D eigenvalue weighted by Gasteiger charge is -2.32. The fourth-order valence-corrected chi connectivity index (χ4v) is 4.64. The molecule has 0 saturated heterocycles. The molecule has 1 unspecified atom stereocenters. The van der Waals surface area contributed by atoms with Gasteiger partial charge >= 0.3 is 0 Å². The maximum absolute atomic E-state index is 13.5. The summed E-state index contributed by atoms with van der Waals surface area (Å²) >= 11 is 1.42. The molecule has 0 heterocycles. The Bertz CT molecular complexity index is 1140. The molecular formula is C28H31N3O4S. The number of hydrogen-bond acceptors (Lipinski definition) is 5. The molecule has 3 aromatic carbocycles. The number of amides is 2. The van der Waals surface area contributed by atoms with Gasteiger partial charge in [-0.2, -0.15) is 0 Å². The molecule has 0 bridgehead atoms. The third-order valence-corrected chi connectivity index (χ3v) is 6.53. The summed E-state index contributed by atoms with van der Waals surface area (Å²) in [5.74, 6) is 0.401. The molecule has 3 rings (SSSR count). The van der Waals surface area contributed by atoms with E-state index in [-0.39, 0.29) is 29.3 Å². The van der Waals surface area contributed by atoms with Crippen molar-refractivity contribution in [2.24, 2.45) is 0 Å². The van der Waals surface area contributed by atoms with Gasteiger partial charge in [0.25, 0.3) is 5.69 Å². The van der Waals surface area contributed by atoms with Crippen LogP contribution < -0.4 is 5.32 Å². The summed E-state index contributed by atoms with van der Waals surface area (Å²) in [5.41, 5.74) is 2.85. The minimum absolute atomic E-state index is 0.0359. The standard InChI is InChI=1S/C28H31N3O4S/c1-21(2)29-28(33)26(17-22-9-5-3-6-10-22)30(18-23-11-7-4-8-12-23)27(32)20-36-19-24-13-15-25(16-14-24)31(34)35/h3-16,21,26H,17-20H2,1-2H3,(H,29,33). The predicted octanol–water partition coefficient (Wildman–Crippen LogP) is 4.99. The van der Waals surface area contributed by atoms with Gasteiger partial charge < -0.3 is 10.2 Å². The quantitative estimate of drug-likeness (QED) is 0.276. The first-order chi connectivity index (χ1) is 17.3. The number of nitrogens with zero attached hydrogens (tertiary/aromatic N) is 2. The minimum Gasteiger partial charge on any atom is -0.352 e. The van der Waals surface area contributed by atoms with E-state index in [2.05, 4.69) is 5.32 Å². The number of carbonyl (C=O) groups is 2. The Morgan fingerprint density at radius 2 is 1.47 bits per heavy atom. The first kappa shape index (κ1) is 26.9. The largest absolute Gasteiger partial charge is 0.352 e. The molecule has 1 N–H and O–H groups in total. The molecule has 0 aliphatic rings. The molecule has 0 aromatic heterocycles. The van der Waals surface area contributed by atoms with Crippen molar-refractivity contribution < 1.29 is 14.5 Å². The van der Waals surface area contributed by atoms with E-state index >= 15 is 0 Å². The summed E-state index contributed by atoms with van der Waals surface area (Å²) in [6.45, 7) is 4.13. The van der Waals surface area contributed by atoms with Crippen molar-refractivity contribution >= 4 is 29.3 Å². The van der Waals surface area contributed by atoms with Gasteiger partial charge in [0.1, 0.15) is 6.04 Å². The summed E-state index contributed by atoms with van der Waals surface area (Å²) in [7, 11) is 0. The predicted molar refractivity (Wildman–Crippen MR) is 143 cm³/mol. The molecule has 0 aliphatic heterocycles. The lowest BCUT2D eigenvalue weighted by molar-refractivity contribution is -0.384. The van der Waals surface area contributed by atoms with Gasteiger partial charge in [-0.15, -0.1) is 11.8 Å². The fraction of sp³-hybridized carbons (Fsp3) is 0.286. The molecule has 0 radical (unpaired) electrons. The van der Waals surface area contributed by atoms with Crippen LogP contribution in [0.2, 0.25) is 0 Å². The topological polar surface area (TPSA) is 92.6 Å². The molecule has 188 valence electrons. The first-order valence-electron chi connectivity index (χ1n) is 11.8. The van der Waals surface area contributed by atoms with E-state index < -0.39 is 11.0 Å². The van der Waals surface area contributed by atoms with E-state index in [4.69, 9.17) is 0 Å². The molecule has 2 amide bonds. The smallest absolute Gasteiger partial charge is 0.269 e. The van der Waals surface area contributed by atoms with Gasteiger partial charge in [0.2, 0.25) is 11.8 Å². The Balaban J connectivity index is 1.79. The molecule has 0 spiro atoms. The van der Waals surface area contributed by atoms with Crippen LogP contribution >= 0.6 is 11.8 Å². The fourth-order valence-electron chi connectivity index (χ4n) is 3.77. The van der Waals surface area contributed by atoms with Crippen molar-refractivity contribution in [2.75, 3.05) is 5.75 Å². The highest BCUT2D eigenvalue weighted by Gasteiger charge is 2.30. The van der Waals surface area contributed by atoms with E-state index in [9.17, 15) is 19.7 Å². The van der Waals surface area contributed by atoms with Crippen LogP contribution in [0.4, 0.5) is 5.69 Å². The second-order valence-corrected chi connectivity index (χ2v) is 9.78. The average molecular weight is 506 g/mol. The highest BCUT2D eigenvalue weighted by atomic mass is 32.2. The number of nitrogens with one attached hydrogen (secondary N) is 1. The van der Waals surface area contributed by atoms with Crippen LogP contribution in [-0.4, -0.2) is 39.5 Å². The molecular weight excluding hydrogens is 474 g/mol. The molecule has 0 fully saturated rings. The number of rotatable bonds is 12. The molecule has 1 atom stereocenters. The van der Waals surface area contributed by atoms with Crippen molar-refractivity contribution in [1.82, 2.24) is 10.2 Å². The highest BCUT2D eigenvalue weighted by molar-refractivity contribution is 7.99. The van der Waals surface area contributed by atoms with Crippen molar-refractivity contribution in [3.05, 3.63) is 112 Å². The van der Waals surface area contributed by atoms with Gasteiger partial charge in [0.15, 0.2) is 0 Å². The lowest BCUT2D eigenvalue weighted by atomic mass is 10.0. The van der Waals surface area contributed by atoms with Crippen LogP contribution in [0.1, 0.15) is 30.5 Å². The molecule has 0 saturated carbocycles. The summed E-state index contributed by atoms with van der Waals surface area (Å²) in [5, 5.41) is 13.9. The summed E-state index contributed by atoms with van der Waals surface area (Å²) in [6, 6.07) is 25.0. The van der Waals surface area contributed by atoms with E-state index in [1.807, 2.05) is 74.5 Å². The van der Waals surface area contributed by atoms with Gasteiger partial charge in [-0.25, -0.2) is 0 Å². The van der Waals surface area contributed by atoms with Crippen LogP contribution in [0.25, 0.3) is 0 Å². The number of carbonyl (C=O) groups excluding carboxylic acids is 2. The van der Waals surface area contributed by atoms with Gasteiger partial charge in [0.05, 0.1) is 10.7 Å². The minimum atomic E-state index is -0.664. The van der Waals surface area contributed by atoms with Crippen LogP contribution in [-0.2, 0) is 28.3 Å². The van der Waals surface area contributed by atoms with Crippen LogP contribution in [0.15, 0.2) is 84.9 Å². The second-order valence-electron chi connectivity index (χ2n) is 8.79. The summed E-state index contributed by atoms with van der Waals surface area (Å²) < 4.78 is 0. The van der Waals surface area contributed by atoms with Gasteiger partial charge in [-0.1, -0.05) is 72.8 Å². The molecule has 36 heavy (non-hydrogen) atoms. The zero-order valence-electron chi connectivity index (χ0n) is 20.5. The monoisotopic (exact) mass is 505 g/mol. The van der Waals surface area contributed by atoms with E-state index in [0.717, 1.165) is 16.7 Å². The Morgan fingerprint density at radius 1 is 0.889 bits per heavy atom. The Hall–Kier alpha value is -3.65. The van der Waals surface area contributed by atoms with Gasteiger partial charge in [-0.3, -0.25) is 19.7 Å². The molecule has 3 aromatic rings. The number of nitro groups is 1. The SMILES string of the molecule is CC(C)NC(=O)C(Cc1ccccc1)N(Cc1ccccc1)C(=O)CSCc1ccc([N+](=O)[O-])cc1. The third kappa shape index (κ3) is 8.23. The Kier molecular flexibility index (Phi) is 10.1. The molecule has 0 aliphatic carbocycles. The number of thioether (sulfide) groups is 1. The van der Waals surface area contributed by atoms with E-state index in [0.29, 0.717) is 18.7 Å². The van der Waals surface area contributed by atoms with Crippen molar-refractivity contribution in [3.8, 4) is 0 Å². The van der Waals surface area contributed by atoms with Crippen LogP contribution in [0.5, 0.6) is 0 Å². The summed E-state index contributed by atoms with van der Waals surface area (Å²) in [6.07, 6.45) is 0.408. The number of benzene rings is 3. The number of non-ortho nitro benzene ring substituents is 1. The Morgan fingerprint density at radius 3 is 2.03 bits per heavy atom. The first-order valence-corrected chi connectivity index (χ1v) is 13.0. The van der Waals surface area contributed by atoms with Crippen molar-refractivity contribution in [2.45, 2.75) is 44.6 Å². The van der Waals surface area contributed by atoms with Crippen molar-refractivity contribution in [1.29, 1.82) is 0 Å². The highest BCUT2D eigenvalue weighted by Crippen LogP contribution is 2.20. The average Bonchev–Trinajstić information content (AvgIpc) is 2.87. The van der Waals surface area contributed by atoms with Crippen LogP contribution in [0.3, 0.4) is 0 Å². The second kappa shape index (κ2) is 13.4. The van der Waals surface area contributed by atoms with Crippen molar-refractivity contribution in [3.63, 3.8) is 0 Å². The third-order valence-electron chi connectivity index (χ3n) is 5.54. The van der Waals surface area contributed by atoms with E-state index in [1.165, 1.54) is 23.9 Å². The normalized spacial score (nSPS) is 11.6. The Labute approximate surface area is 216 Å². The zero-order valence-corrected chi connectivity index (χ0v) is 21.3. The molecule has 8 heteroatoms. The van der Waals surface area contributed by atoms with E-state index in [1.54, 1.807) is 17.0 Å². The maximum atomic E-state index is 13.5. The van der Waals surface area contributed by atoms with Crippen LogP contribution in [0, 0.1) is 10.1 Å². The van der Waals surface area contributed by atoms with Gasteiger partial charge in [-0.05, 0) is 30.5 Å². The number of hydrogen-bond donors (Lipinski definition) is 1. The number of nitro benzene ring substituents is 1.